The van der Waals surface area contributed by atoms with Crippen molar-refractivity contribution in [3.8, 4) is 11.5 Å². The third kappa shape index (κ3) is 6.63. The number of rotatable bonds is 10. The first-order chi connectivity index (χ1) is 13.2. The quantitative estimate of drug-likeness (QED) is 0.438. The molecule has 0 aromatic heterocycles. The van der Waals surface area contributed by atoms with Gasteiger partial charge in [0, 0.05) is 6.07 Å². The van der Waals surface area contributed by atoms with Gasteiger partial charge in [-0.05, 0) is 55.0 Å². The molecule has 144 valence electrons. The van der Waals surface area contributed by atoms with Gasteiger partial charge in [0.15, 0.2) is 0 Å². The van der Waals surface area contributed by atoms with E-state index in [1.54, 1.807) is 0 Å². The van der Waals surface area contributed by atoms with Crippen molar-refractivity contribution in [3.05, 3.63) is 83.0 Å². The van der Waals surface area contributed by atoms with Gasteiger partial charge in [0.1, 0.15) is 24.7 Å². The van der Waals surface area contributed by atoms with E-state index in [1.165, 1.54) is 22.3 Å². The number of hydrogen-bond acceptors (Lipinski definition) is 2. The second-order valence-corrected chi connectivity index (χ2v) is 6.76. The summed E-state index contributed by atoms with van der Waals surface area (Å²) >= 11 is 0. The first-order valence-corrected chi connectivity index (χ1v) is 9.91. The van der Waals surface area contributed by atoms with Gasteiger partial charge in [0.25, 0.3) is 0 Å². The van der Waals surface area contributed by atoms with Gasteiger partial charge in [0.2, 0.25) is 0 Å². The summed E-state index contributed by atoms with van der Waals surface area (Å²) in [4.78, 5) is 0. The minimum Gasteiger partial charge on any atom is -0.489 e. The summed E-state index contributed by atoms with van der Waals surface area (Å²) in [5.41, 5.74) is 4.99. The van der Waals surface area contributed by atoms with E-state index in [9.17, 15) is 0 Å². The lowest BCUT2D eigenvalue weighted by Crippen LogP contribution is -2.05. The minimum absolute atomic E-state index is 0.566. The van der Waals surface area contributed by atoms with Gasteiger partial charge in [0.05, 0.1) is 0 Å². The molecule has 0 saturated carbocycles. The molecule has 2 heteroatoms. The van der Waals surface area contributed by atoms with Gasteiger partial charge in [-0.15, -0.1) is 0 Å². The van der Waals surface area contributed by atoms with E-state index >= 15 is 0 Å². The maximum Gasteiger partial charge on any atom is 0.126 e. The molecular formula is C25H32O2. The van der Waals surface area contributed by atoms with Crippen LogP contribution in [0.1, 0.15) is 50.8 Å². The number of benzene rings is 2. The van der Waals surface area contributed by atoms with Crippen molar-refractivity contribution in [3.63, 3.8) is 0 Å². The number of hydrogen-bond donors (Lipinski definition) is 0. The van der Waals surface area contributed by atoms with Gasteiger partial charge >= 0.3 is 0 Å². The highest BCUT2D eigenvalue weighted by Crippen LogP contribution is 2.31. The summed E-state index contributed by atoms with van der Waals surface area (Å²) < 4.78 is 12.3. The molecule has 0 N–H and O–H groups in total. The fourth-order valence-corrected chi connectivity index (χ4v) is 2.98. The molecule has 2 rings (SSSR count). The van der Waals surface area contributed by atoms with Crippen LogP contribution in [0.3, 0.4) is 0 Å². The van der Waals surface area contributed by atoms with E-state index in [0.717, 1.165) is 30.8 Å². The zero-order valence-electron chi connectivity index (χ0n) is 17.1. The average molecular weight is 365 g/mol. The monoisotopic (exact) mass is 364 g/mol. The molecule has 0 aliphatic carbocycles. The normalized spacial score (nSPS) is 11.8. The topological polar surface area (TPSA) is 18.5 Å². The van der Waals surface area contributed by atoms with Crippen molar-refractivity contribution >= 4 is 0 Å². The summed E-state index contributed by atoms with van der Waals surface area (Å²) in [5, 5.41) is 0. The largest absolute Gasteiger partial charge is 0.489 e. The van der Waals surface area contributed by atoms with Crippen LogP contribution in [-0.2, 0) is 19.4 Å². The molecule has 0 aliphatic rings. The molecule has 2 aromatic carbocycles. The predicted octanol–water partition coefficient (Wildman–Crippen LogP) is 6.68. The first kappa shape index (κ1) is 20.8. The second-order valence-electron chi connectivity index (χ2n) is 6.76. The van der Waals surface area contributed by atoms with Gasteiger partial charge in [-0.1, -0.05) is 68.8 Å². The zero-order chi connectivity index (χ0) is 19.5. The zero-order valence-corrected chi connectivity index (χ0v) is 17.1. The Hall–Kier alpha value is -2.48. The molecule has 0 spiro atoms. The molecule has 0 atom stereocenters. The first-order valence-electron chi connectivity index (χ1n) is 9.91. The lowest BCUT2D eigenvalue weighted by molar-refractivity contribution is 0.299. The van der Waals surface area contributed by atoms with Crippen LogP contribution in [0.15, 0.2) is 66.3 Å². The predicted molar refractivity (Wildman–Crippen MR) is 115 cm³/mol. The summed E-state index contributed by atoms with van der Waals surface area (Å²) in [5.74, 6) is 1.83. The molecule has 2 nitrogen and oxygen atoms in total. The van der Waals surface area contributed by atoms with Gasteiger partial charge < -0.3 is 9.47 Å². The van der Waals surface area contributed by atoms with Crippen molar-refractivity contribution in [1.29, 1.82) is 0 Å². The van der Waals surface area contributed by atoms with Crippen LogP contribution in [0.5, 0.6) is 11.5 Å². The Bertz CT molecular complexity index is 757. The molecule has 0 unspecified atom stereocenters. The highest BCUT2D eigenvalue weighted by molar-refractivity contribution is 5.47. The van der Waals surface area contributed by atoms with E-state index in [1.807, 2.05) is 37.3 Å². The lowest BCUT2D eigenvalue weighted by atomic mass is 9.99. The molecule has 0 aliphatic heterocycles. The third-order valence-corrected chi connectivity index (χ3v) is 4.43. The maximum absolute atomic E-state index is 6.20. The second kappa shape index (κ2) is 11.3. The number of allylic oxidation sites excluding steroid dienone is 3. The summed E-state index contributed by atoms with van der Waals surface area (Å²) in [6.45, 7) is 9.67. The van der Waals surface area contributed by atoms with E-state index < -0.39 is 0 Å². The van der Waals surface area contributed by atoms with Crippen LogP contribution in [0.25, 0.3) is 0 Å². The molecule has 0 fully saturated rings. The van der Waals surface area contributed by atoms with Crippen LogP contribution >= 0.6 is 0 Å². The minimum atomic E-state index is 0.566. The fraction of sp³-hybridized carbons (Fsp3) is 0.360. The van der Waals surface area contributed by atoms with Crippen LogP contribution in [0, 0.1) is 0 Å². The molecule has 0 heterocycles. The Morgan fingerprint density at radius 2 is 1.81 bits per heavy atom. The van der Waals surface area contributed by atoms with Crippen molar-refractivity contribution in [1.82, 2.24) is 0 Å². The van der Waals surface area contributed by atoms with E-state index in [4.69, 9.17) is 9.47 Å². The average Bonchev–Trinajstić information content (AvgIpc) is 2.71. The SMILES string of the molecule is CC=CC=C(C)COc1cc(OCc2ccccc2)cc(CC)c1CCC. The van der Waals surface area contributed by atoms with Crippen molar-refractivity contribution in [2.75, 3.05) is 6.61 Å². The number of ether oxygens (including phenoxy) is 2. The summed E-state index contributed by atoms with van der Waals surface area (Å²) in [6, 6.07) is 14.5. The molecule has 0 radical (unpaired) electrons. The summed E-state index contributed by atoms with van der Waals surface area (Å²) in [6.07, 6.45) is 9.26. The fourth-order valence-electron chi connectivity index (χ4n) is 2.98. The highest BCUT2D eigenvalue weighted by atomic mass is 16.5. The van der Waals surface area contributed by atoms with E-state index in [2.05, 4.69) is 51.1 Å². The van der Waals surface area contributed by atoms with E-state index in [0.29, 0.717) is 13.2 Å². The summed E-state index contributed by atoms with van der Waals surface area (Å²) in [7, 11) is 0. The van der Waals surface area contributed by atoms with Crippen LogP contribution in [0.2, 0.25) is 0 Å². The van der Waals surface area contributed by atoms with Crippen molar-refractivity contribution in [2.24, 2.45) is 0 Å². The maximum atomic E-state index is 6.20. The highest BCUT2D eigenvalue weighted by Gasteiger charge is 2.12. The van der Waals surface area contributed by atoms with E-state index in [-0.39, 0.29) is 0 Å². The Morgan fingerprint density at radius 3 is 2.48 bits per heavy atom. The van der Waals surface area contributed by atoms with Crippen LogP contribution in [0.4, 0.5) is 0 Å². The van der Waals surface area contributed by atoms with Gasteiger partial charge in [-0.25, -0.2) is 0 Å². The lowest BCUT2D eigenvalue weighted by Gasteiger charge is -2.18. The van der Waals surface area contributed by atoms with Crippen molar-refractivity contribution < 1.29 is 9.47 Å². The standard InChI is InChI=1S/C25H32O2/c1-5-8-13-20(4)18-27-25-17-23(16-22(7-3)24(25)12-6-2)26-19-21-14-10-9-11-15-21/h5,8-11,13-17H,6-7,12,18-19H2,1-4H3. The van der Waals surface area contributed by atoms with Crippen molar-refractivity contribution in [2.45, 2.75) is 53.6 Å². The number of aryl methyl sites for hydroxylation is 1. The van der Waals surface area contributed by atoms with Crippen LogP contribution < -0.4 is 9.47 Å². The molecule has 0 saturated heterocycles. The third-order valence-electron chi connectivity index (χ3n) is 4.43. The van der Waals surface area contributed by atoms with Crippen LogP contribution in [-0.4, -0.2) is 6.61 Å². The van der Waals surface area contributed by atoms with Gasteiger partial charge in [-0.3, -0.25) is 0 Å². The Balaban J connectivity index is 2.22. The van der Waals surface area contributed by atoms with Gasteiger partial charge in [-0.2, -0.15) is 0 Å². The molecule has 0 amide bonds. The Labute approximate surface area is 164 Å². The molecule has 0 bridgehead atoms. The molecule has 27 heavy (non-hydrogen) atoms. The smallest absolute Gasteiger partial charge is 0.126 e. The molecule has 2 aromatic rings. The Morgan fingerprint density at radius 1 is 1.04 bits per heavy atom. The molecular weight excluding hydrogens is 332 g/mol. The Kier molecular flexibility index (Phi) is 8.70.